The van der Waals surface area contributed by atoms with Gasteiger partial charge in [0.15, 0.2) is 0 Å². The Bertz CT molecular complexity index is 535. The van der Waals surface area contributed by atoms with Crippen molar-refractivity contribution >= 4 is 24.3 Å². The van der Waals surface area contributed by atoms with E-state index in [4.69, 9.17) is 5.73 Å². The smallest absolute Gasteiger partial charge is 0.353 e. The lowest BCUT2D eigenvalue weighted by atomic mass is 9.98. The van der Waals surface area contributed by atoms with Crippen LogP contribution in [0.15, 0.2) is 12.3 Å². The summed E-state index contributed by atoms with van der Waals surface area (Å²) in [4.78, 5) is 19.0. The normalized spacial score (nSPS) is 16.5. The maximum Gasteiger partial charge on any atom is 0.433 e. The van der Waals surface area contributed by atoms with Gasteiger partial charge in [0.2, 0.25) is 11.9 Å². The Morgan fingerprint density at radius 3 is 2.57 bits per heavy atom. The predicted molar refractivity (Wildman–Crippen MR) is 81.2 cm³/mol. The van der Waals surface area contributed by atoms with Crippen LogP contribution >= 0.6 is 12.4 Å². The summed E-state index contributed by atoms with van der Waals surface area (Å²) in [6, 6.07) is 0.797. The van der Waals surface area contributed by atoms with Crippen LogP contribution in [0.4, 0.5) is 19.1 Å². The zero-order chi connectivity index (χ0) is 16.2. The van der Waals surface area contributed by atoms with Gasteiger partial charge in [-0.05, 0) is 18.9 Å². The van der Waals surface area contributed by atoms with Crippen molar-refractivity contribution < 1.29 is 18.0 Å². The maximum atomic E-state index is 12.5. The third-order valence-corrected chi connectivity index (χ3v) is 3.59. The van der Waals surface area contributed by atoms with Crippen LogP contribution in [0.25, 0.3) is 0 Å². The van der Waals surface area contributed by atoms with Crippen LogP contribution in [0.1, 0.15) is 31.4 Å². The zero-order valence-corrected chi connectivity index (χ0v) is 13.1. The highest BCUT2D eigenvalue weighted by molar-refractivity contribution is 5.86. The first kappa shape index (κ1) is 19.4. The van der Waals surface area contributed by atoms with Crippen molar-refractivity contribution in [3.63, 3.8) is 0 Å². The van der Waals surface area contributed by atoms with E-state index >= 15 is 0 Å². The van der Waals surface area contributed by atoms with E-state index < -0.39 is 17.4 Å². The predicted octanol–water partition coefficient (Wildman–Crippen LogP) is 1.72. The number of hydrogen-bond acceptors (Lipinski definition) is 5. The number of nitrogens with one attached hydrogen (secondary N) is 2. The molecule has 0 radical (unpaired) electrons. The number of hydrogen-bond donors (Lipinski definition) is 3. The van der Waals surface area contributed by atoms with E-state index in [0.29, 0.717) is 12.8 Å². The quantitative estimate of drug-likeness (QED) is 0.701. The topological polar surface area (TPSA) is 92.9 Å². The maximum absolute atomic E-state index is 12.5. The molecule has 1 amide bonds. The molecule has 1 fully saturated rings. The first-order valence-electron chi connectivity index (χ1n) is 7.02. The number of halogens is 4. The largest absolute Gasteiger partial charge is 0.433 e. The number of anilines is 1. The van der Waals surface area contributed by atoms with Gasteiger partial charge in [-0.2, -0.15) is 13.2 Å². The Balaban J connectivity index is 0.00000264. The summed E-state index contributed by atoms with van der Waals surface area (Å²) in [6.07, 6.45) is -0.307. The van der Waals surface area contributed by atoms with Crippen molar-refractivity contribution in [1.82, 2.24) is 15.3 Å². The number of nitrogens with zero attached hydrogens (tertiary/aromatic N) is 2. The lowest BCUT2D eigenvalue weighted by Crippen LogP contribution is -2.52. The third kappa shape index (κ3) is 5.21. The number of carbonyl (C=O) groups excluding carboxylic acids is 1. The standard InChI is InChI=1S/C13H18F3N5O.ClH/c14-13(15,16)9-3-6-19-11(21-9)20-8-7-18-10(22)12(17)4-1-2-5-12;/h3,6H,1-2,4-5,7-8,17H2,(H,18,22)(H,19,20,21);1H. The molecule has 130 valence electrons. The molecule has 0 spiro atoms. The number of rotatable bonds is 5. The van der Waals surface area contributed by atoms with E-state index in [1.165, 1.54) is 0 Å². The second-order valence-corrected chi connectivity index (χ2v) is 5.31. The van der Waals surface area contributed by atoms with Gasteiger partial charge in [0, 0.05) is 19.3 Å². The molecule has 1 saturated carbocycles. The minimum Gasteiger partial charge on any atom is -0.353 e. The van der Waals surface area contributed by atoms with Crippen LogP contribution in [0.5, 0.6) is 0 Å². The molecule has 6 nitrogen and oxygen atoms in total. The molecule has 0 saturated heterocycles. The fraction of sp³-hybridized carbons (Fsp3) is 0.615. The van der Waals surface area contributed by atoms with Gasteiger partial charge in [-0.15, -0.1) is 12.4 Å². The summed E-state index contributed by atoms with van der Waals surface area (Å²) in [5.41, 5.74) is 4.16. The van der Waals surface area contributed by atoms with E-state index in [9.17, 15) is 18.0 Å². The molecule has 1 aliphatic rings. The molecular weight excluding hydrogens is 335 g/mol. The molecule has 2 rings (SSSR count). The molecule has 10 heteroatoms. The monoisotopic (exact) mass is 353 g/mol. The highest BCUT2D eigenvalue weighted by Crippen LogP contribution is 2.28. The molecule has 1 aromatic heterocycles. The van der Waals surface area contributed by atoms with Crippen molar-refractivity contribution in [2.24, 2.45) is 5.73 Å². The molecule has 0 aromatic carbocycles. The van der Waals surface area contributed by atoms with Crippen molar-refractivity contribution in [1.29, 1.82) is 0 Å². The second kappa shape index (κ2) is 7.78. The van der Waals surface area contributed by atoms with E-state index in [1.807, 2.05) is 0 Å². The number of carbonyl (C=O) groups is 1. The Labute approximate surface area is 137 Å². The van der Waals surface area contributed by atoms with Crippen molar-refractivity contribution in [3.05, 3.63) is 18.0 Å². The number of amides is 1. The summed E-state index contributed by atoms with van der Waals surface area (Å²) < 4.78 is 37.5. The SMILES string of the molecule is Cl.NC1(C(=O)NCCNc2nccc(C(F)(F)F)n2)CCCC1. The molecule has 1 heterocycles. The molecule has 0 atom stereocenters. The minimum atomic E-state index is -4.51. The molecule has 0 bridgehead atoms. The van der Waals surface area contributed by atoms with Gasteiger partial charge in [0.25, 0.3) is 0 Å². The van der Waals surface area contributed by atoms with Gasteiger partial charge < -0.3 is 16.4 Å². The van der Waals surface area contributed by atoms with Gasteiger partial charge in [0.05, 0.1) is 5.54 Å². The Hall–Kier alpha value is -1.61. The fourth-order valence-electron chi connectivity index (χ4n) is 2.36. The van der Waals surface area contributed by atoms with Gasteiger partial charge in [-0.1, -0.05) is 12.8 Å². The summed E-state index contributed by atoms with van der Waals surface area (Å²) >= 11 is 0. The summed E-state index contributed by atoms with van der Waals surface area (Å²) in [7, 11) is 0. The van der Waals surface area contributed by atoms with Crippen LogP contribution in [-0.2, 0) is 11.0 Å². The minimum absolute atomic E-state index is 0. The molecular formula is C13H19ClF3N5O. The molecule has 4 N–H and O–H groups in total. The van der Waals surface area contributed by atoms with E-state index in [-0.39, 0.29) is 37.4 Å². The van der Waals surface area contributed by atoms with Crippen LogP contribution < -0.4 is 16.4 Å². The van der Waals surface area contributed by atoms with Crippen LogP contribution in [0.2, 0.25) is 0 Å². The number of nitrogens with two attached hydrogens (primary N) is 1. The van der Waals surface area contributed by atoms with Crippen LogP contribution in [-0.4, -0.2) is 34.5 Å². The van der Waals surface area contributed by atoms with Crippen LogP contribution in [0.3, 0.4) is 0 Å². The first-order valence-corrected chi connectivity index (χ1v) is 7.02. The average Bonchev–Trinajstić information content (AvgIpc) is 2.91. The van der Waals surface area contributed by atoms with E-state index in [0.717, 1.165) is 25.1 Å². The Morgan fingerprint density at radius 1 is 1.30 bits per heavy atom. The van der Waals surface area contributed by atoms with Crippen molar-refractivity contribution in [2.75, 3.05) is 18.4 Å². The van der Waals surface area contributed by atoms with Gasteiger partial charge >= 0.3 is 6.18 Å². The molecule has 1 aliphatic carbocycles. The molecule has 23 heavy (non-hydrogen) atoms. The summed E-state index contributed by atoms with van der Waals surface area (Å²) in [5, 5.41) is 5.31. The zero-order valence-electron chi connectivity index (χ0n) is 12.3. The molecule has 1 aromatic rings. The Morgan fingerprint density at radius 2 is 1.96 bits per heavy atom. The van der Waals surface area contributed by atoms with Crippen molar-refractivity contribution in [2.45, 2.75) is 37.4 Å². The summed E-state index contributed by atoms with van der Waals surface area (Å²) in [6.45, 7) is 0.445. The van der Waals surface area contributed by atoms with E-state index in [2.05, 4.69) is 20.6 Å². The lowest BCUT2D eigenvalue weighted by molar-refractivity contribution is -0.141. The number of aromatic nitrogens is 2. The molecule has 0 unspecified atom stereocenters. The van der Waals surface area contributed by atoms with E-state index in [1.54, 1.807) is 0 Å². The number of alkyl halides is 3. The lowest BCUT2D eigenvalue weighted by Gasteiger charge is -2.22. The molecule has 0 aliphatic heterocycles. The summed E-state index contributed by atoms with van der Waals surface area (Å²) in [5.74, 6) is -0.357. The third-order valence-electron chi connectivity index (χ3n) is 3.59. The van der Waals surface area contributed by atoms with Gasteiger partial charge in [-0.25, -0.2) is 9.97 Å². The Kier molecular flexibility index (Phi) is 6.57. The average molecular weight is 354 g/mol. The van der Waals surface area contributed by atoms with Gasteiger partial charge in [-0.3, -0.25) is 4.79 Å². The van der Waals surface area contributed by atoms with Crippen LogP contribution in [0, 0.1) is 0 Å². The fourth-order valence-corrected chi connectivity index (χ4v) is 2.36. The highest BCUT2D eigenvalue weighted by atomic mass is 35.5. The first-order chi connectivity index (χ1) is 10.3. The van der Waals surface area contributed by atoms with Gasteiger partial charge in [0.1, 0.15) is 5.69 Å². The second-order valence-electron chi connectivity index (χ2n) is 5.31. The van der Waals surface area contributed by atoms with Crippen molar-refractivity contribution in [3.8, 4) is 0 Å². The highest BCUT2D eigenvalue weighted by Gasteiger charge is 2.36.